The molecular formula is C4H10ClOP. The van der Waals surface area contributed by atoms with Crippen LogP contribution < -0.4 is 0 Å². The van der Waals surface area contributed by atoms with Crippen LogP contribution in [0.5, 0.6) is 0 Å². The Labute approximate surface area is 49.6 Å². The van der Waals surface area contributed by atoms with Crippen LogP contribution in [0.1, 0.15) is 20.3 Å². The summed E-state index contributed by atoms with van der Waals surface area (Å²) in [5.41, 5.74) is 0.215. The Kier molecular flexibility index (Phi) is 3.77. The molecule has 0 heterocycles. The fourth-order valence-electron chi connectivity index (χ4n) is 0.160. The van der Waals surface area contributed by atoms with E-state index in [1.54, 1.807) is 0 Å². The second-order valence-electron chi connectivity index (χ2n) is 1.61. The molecule has 0 aliphatic carbocycles. The maximum absolute atomic E-state index is 10.3. The third-order valence-corrected chi connectivity index (χ3v) is 3.30. The lowest BCUT2D eigenvalue weighted by atomic mass is 10.4. The van der Waals surface area contributed by atoms with Crippen molar-refractivity contribution in [1.82, 2.24) is 0 Å². The van der Waals surface area contributed by atoms with Gasteiger partial charge in [-0.3, -0.25) is 0 Å². The first kappa shape index (κ1) is 7.52. The first-order valence-corrected chi connectivity index (χ1v) is 4.87. The number of hydrogen-bond acceptors (Lipinski definition) is 1. The molecule has 3 heteroatoms. The molecule has 0 aliphatic rings. The fourth-order valence-corrected chi connectivity index (χ4v) is 0.944. The average molecular weight is 141 g/mol. The van der Waals surface area contributed by atoms with Gasteiger partial charge >= 0.3 is 0 Å². The molecule has 0 rings (SSSR count). The van der Waals surface area contributed by atoms with Gasteiger partial charge in [0.1, 0.15) is 0 Å². The van der Waals surface area contributed by atoms with E-state index in [4.69, 9.17) is 11.2 Å². The third kappa shape index (κ3) is 3.13. The van der Waals surface area contributed by atoms with E-state index in [1.807, 2.05) is 13.8 Å². The lowest BCUT2D eigenvalue weighted by Gasteiger charge is -1.97. The minimum Gasteiger partial charge on any atom is -0.310 e. The van der Waals surface area contributed by atoms with Crippen LogP contribution in [0, 0.1) is 0 Å². The molecule has 2 atom stereocenters. The molecule has 0 aliphatic heterocycles. The molecule has 0 aromatic rings. The molecule has 0 fully saturated rings. The van der Waals surface area contributed by atoms with Gasteiger partial charge in [0, 0.05) is 5.66 Å². The molecule has 0 spiro atoms. The molecular weight excluding hydrogens is 130 g/mol. The van der Waals surface area contributed by atoms with E-state index in [2.05, 4.69) is 0 Å². The lowest BCUT2D eigenvalue weighted by molar-refractivity contribution is 0.587. The van der Waals surface area contributed by atoms with Gasteiger partial charge in [0.05, 0.1) is 0 Å². The van der Waals surface area contributed by atoms with Crippen molar-refractivity contribution in [3.8, 4) is 0 Å². The molecule has 0 aromatic carbocycles. The molecule has 0 saturated heterocycles. The predicted octanol–water partition coefficient (Wildman–Crippen LogP) is 2.50. The van der Waals surface area contributed by atoms with Crippen molar-refractivity contribution in [2.24, 2.45) is 0 Å². The van der Waals surface area contributed by atoms with Gasteiger partial charge in [-0.05, 0) is 6.42 Å². The summed E-state index contributed by atoms with van der Waals surface area (Å²) in [7, 11) is -1.74. The third-order valence-electron chi connectivity index (χ3n) is 1.000. The van der Waals surface area contributed by atoms with E-state index in [-0.39, 0.29) is 5.66 Å². The van der Waals surface area contributed by atoms with Crippen LogP contribution in [0.25, 0.3) is 0 Å². The number of hydrogen-bond donors (Lipinski definition) is 0. The van der Waals surface area contributed by atoms with Crippen molar-refractivity contribution < 1.29 is 4.57 Å². The average Bonchev–Trinajstić information content (AvgIpc) is 1.65. The highest BCUT2D eigenvalue weighted by Gasteiger charge is 2.01. The van der Waals surface area contributed by atoms with Crippen molar-refractivity contribution in [3.05, 3.63) is 0 Å². The summed E-state index contributed by atoms with van der Waals surface area (Å²) < 4.78 is 10.3. The summed E-state index contributed by atoms with van der Waals surface area (Å²) in [6, 6.07) is 0. The Morgan fingerprint density at radius 3 is 2.29 bits per heavy atom. The van der Waals surface area contributed by atoms with Crippen LogP contribution >= 0.6 is 18.4 Å². The lowest BCUT2D eigenvalue weighted by Crippen LogP contribution is -1.86. The van der Waals surface area contributed by atoms with Gasteiger partial charge in [-0.2, -0.15) is 0 Å². The van der Waals surface area contributed by atoms with Gasteiger partial charge < -0.3 is 4.57 Å². The maximum Gasteiger partial charge on any atom is 0.160 e. The van der Waals surface area contributed by atoms with Crippen molar-refractivity contribution in [2.75, 3.05) is 0 Å². The quantitative estimate of drug-likeness (QED) is 0.539. The Morgan fingerprint density at radius 1 is 1.86 bits per heavy atom. The molecule has 0 aromatic heterocycles. The highest BCUT2D eigenvalue weighted by Crippen LogP contribution is 2.34. The normalized spacial score (nSPS) is 18.7. The minimum atomic E-state index is -1.74. The van der Waals surface area contributed by atoms with Gasteiger partial charge in [0.2, 0.25) is 0 Å². The van der Waals surface area contributed by atoms with Gasteiger partial charge in [-0.1, -0.05) is 25.1 Å². The molecule has 2 unspecified atom stereocenters. The van der Waals surface area contributed by atoms with Gasteiger partial charge in [0.25, 0.3) is 0 Å². The first-order chi connectivity index (χ1) is 3.18. The standard InChI is InChI=1S/C4H10ClOP/c1-3-4(2)7(5)6/h4,7H,3H2,1-2H3. The van der Waals surface area contributed by atoms with Crippen LogP contribution in [0.3, 0.4) is 0 Å². The molecule has 0 radical (unpaired) electrons. The summed E-state index contributed by atoms with van der Waals surface area (Å²) in [5.74, 6) is 0. The van der Waals surface area contributed by atoms with E-state index >= 15 is 0 Å². The monoisotopic (exact) mass is 140 g/mol. The second kappa shape index (κ2) is 3.51. The Balaban J connectivity index is 3.34. The van der Waals surface area contributed by atoms with Crippen LogP contribution in [0.2, 0.25) is 0 Å². The molecule has 44 valence electrons. The van der Waals surface area contributed by atoms with Gasteiger partial charge in [0.15, 0.2) is 7.15 Å². The summed E-state index contributed by atoms with van der Waals surface area (Å²) >= 11 is 5.27. The minimum absolute atomic E-state index is 0.215. The Hall–Kier alpha value is 0.520. The Morgan fingerprint density at radius 2 is 2.29 bits per heavy atom. The van der Waals surface area contributed by atoms with E-state index in [0.29, 0.717) is 0 Å². The summed E-state index contributed by atoms with van der Waals surface area (Å²) in [6.45, 7) is 3.88. The van der Waals surface area contributed by atoms with Crippen LogP contribution in [-0.4, -0.2) is 5.66 Å². The molecule has 0 saturated carbocycles. The topological polar surface area (TPSA) is 17.1 Å². The molecule has 1 nitrogen and oxygen atoms in total. The Bertz CT molecular complexity index is 74.1. The highest BCUT2D eigenvalue weighted by atomic mass is 35.7. The van der Waals surface area contributed by atoms with E-state index in [0.717, 1.165) is 6.42 Å². The van der Waals surface area contributed by atoms with Crippen LogP contribution in [0.15, 0.2) is 0 Å². The number of halogens is 1. The SMILES string of the molecule is CCC(C)[PH](=O)Cl. The predicted molar refractivity (Wildman–Crippen MR) is 34.6 cm³/mol. The summed E-state index contributed by atoms with van der Waals surface area (Å²) in [5, 5.41) is 0. The summed E-state index contributed by atoms with van der Waals surface area (Å²) in [6.07, 6.45) is 0.918. The zero-order chi connectivity index (χ0) is 5.86. The first-order valence-electron chi connectivity index (χ1n) is 2.37. The number of rotatable bonds is 2. The zero-order valence-electron chi connectivity index (χ0n) is 4.57. The van der Waals surface area contributed by atoms with Gasteiger partial charge in [-0.25, -0.2) is 0 Å². The zero-order valence-corrected chi connectivity index (χ0v) is 6.33. The molecule has 0 bridgehead atoms. The van der Waals surface area contributed by atoms with Crippen molar-refractivity contribution in [3.63, 3.8) is 0 Å². The largest absolute Gasteiger partial charge is 0.310 e. The smallest absolute Gasteiger partial charge is 0.160 e. The second-order valence-corrected chi connectivity index (χ2v) is 4.32. The van der Waals surface area contributed by atoms with Crippen LogP contribution in [0.4, 0.5) is 0 Å². The van der Waals surface area contributed by atoms with E-state index in [1.165, 1.54) is 0 Å². The van der Waals surface area contributed by atoms with Crippen molar-refractivity contribution >= 4 is 18.4 Å². The molecule has 0 amide bonds. The van der Waals surface area contributed by atoms with E-state index < -0.39 is 7.15 Å². The van der Waals surface area contributed by atoms with Crippen LogP contribution in [-0.2, 0) is 4.57 Å². The molecule has 7 heavy (non-hydrogen) atoms. The maximum atomic E-state index is 10.3. The van der Waals surface area contributed by atoms with Gasteiger partial charge in [-0.15, -0.1) is 0 Å². The summed E-state index contributed by atoms with van der Waals surface area (Å²) in [4.78, 5) is 0. The van der Waals surface area contributed by atoms with Crippen molar-refractivity contribution in [1.29, 1.82) is 0 Å². The highest BCUT2D eigenvalue weighted by molar-refractivity contribution is 7.74. The van der Waals surface area contributed by atoms with Crippen molar-refractivity contribution in [2.45, 2.75) is 25.9 Å². The fraction of sp³-hybridized carbons (Fsp3) is 1.00. The van der Waals surface area contributed by atoms with E-state index in [9.17, 15) is 4.57 Å². The molecule has 0 N–H and O–H groups in total.